The van der Waals surface area contributed by atoms with Crippen LogP contribution in [0.2, 0.25) is 0 Å². The number of nitrogens with zero attached hydrogens (tertiary/aromatic N) is 2. The number of nitrogens with two attached hydrogens (primary N) is 1. The molecule has 0 aliphatic carbocycles. The number of benzene rings is 1. The number of amides is 1. The highest BCUT2D eigenvalue weighted by Crippen LogP contribution is 2.16. The molecule has 1 heterocycles. The van der Waals surface area contributed by atoms with Crippen molar-refractivity contribution in [3.8, 4) is 0 Å². The third kappa shape index (κ3) is 4.97. The van der Waals surface area contributed by atoms with Crippen molar-refractivity contribution in [3.05, 3.63) is 35.4 Å². The van der Waals surface area contributed by atoms with Crippen LogP contribution in [0.5, 0.6) is 0 Å². The molecule has 1 aliphatic heterocycles. The monoisotopic (exact) mass is 325 g/mol. The molecule has 1 atom stereocenters. The molecule has 0 spiro atoms. The first kappa shape index (κ1) is 18.9. The second-order valence-electron chi connectivity index (χ2n) is 6.03. The van der Waals surface area contributed by atoms with E-state index < -0.39 is 0 Å². The van der Waals surface area contributed by atoms with Gasteiger partial charge in [-0.3, -0.25) is 9.69 Å². The second-order valence-corrected chi connectivity index (χ2v) is 6.03. The Morgan fingerprint density at radius 3 is 2.77 bits per heavy atom. The van der Waals surface area contributed by atoms with E-state index in [-0.39, 0.29) is 18.3 Å². The Morgan fingerprint density at radius 1 is 1.36 bits per heavy atom. The Labute approximate surface area is 140 Å². The van der Waals surface area contributed by atoms with Crippen LogP contribution < -0.4 is 5.73 Å². The molecule has 1 aliphatic rings. The average molecular weight is 326 g/mol. The first-order valence-electron chi connectivity index (χ1n) is 7.84. The molecule has 1 aromatic carbocycles. The predicted octanol–water partition coefficient (Wildman–Crippen LogP) is 2.19. The highest BCUT2D eigenvalue weighted by Gasteiger charge is 2.24. The van der Waals surface area contributed by atoms with E-state index in [0.717, 1.165) is 13.0 Å². The van der Waals surface area contributed by atoms with Crippen molar-refractivity contribution in [2.75, 3.05) is 26.7 Å². The van der Waals surface area contributed by atoms with Gasteiger partial charge < -0.3 is 10.6 Å². The van der Waals surface area contributed by atoms with Gasteiger partial charge >= 0.3 is 0 Å². The zero-order chi connectivity index (χ0) is 15.2. The summed E-state index contributed by atoms with van der Waals surface area (Å²) in [7, 11) is 1.89. The molecule has 2 N–H and O–H groups in total. The lowest BCUT2D eigenvalue weighted by Gasteiger charge is -2.35. The molecule has 1 aromatic rings. The van der Waals surface area contributed by atoms with Gasteiger partial charge in [-0.2, -0.15) is 0 Å². The van der Waals surface area contributed by atoms with E-state index >= 15 is 0 Å². The molecule has 0 aromatic heterocycles. The molecule has 1 unspecified atom stereocenters. The van der Waals surface area contributed by atoms with E-state index in [0.29, 0.717) is 25.7 Å². The van der Waals surface area contributed by atoms with E-state index in [1.165, 1.54) is 24.0 Å². The van der Waals surface area contributed by atoms with Crippen LogP contribution >= 0.6 is 12.4 Å². The summed E-state index contributed by atoms with van der Waals surface area (Å²) in [6.45, 7) is 4.89. The summed E-state index contributed by atoms with van der Waals surface area (Å²) in [5.41, 5.74) is 8.26. The summed E-state index contributed by atoms with van der Waals surface area (Å²) in [6.07, 6.45) is 3.52. The Morgan fingerprint density at radius 2 is 2.09 bits per heavy atom. The fourth-order valence-corrected chi connectivity index (χ4v) is 2.96. The van der Waals surface area contributed by atoms with Gasteiger partial charge in [-0.05, 0) is 37.4 Å². The highest BCUT2D eigenvalue weighted by molar-refractivity contribution is 5.85. The molecule has 1 amide bonds. The van der Waals surface area contributed by atoms with Crippen LogP contribution in [-0.4, -0.2) is 48.4 Å². The molecule has 22 heavy (non-hydrogen) atoms. The average Bonchev–Trinajstić information content (AvgIpc) is 2.50. The molecule has 1 saturated heterocycles. The molecule has 4 nitrogen and oxygen atoms in total. The van der Waals surface area contributed by atoms with E-state index in [2.05, 4.69) is 24.0 Å². The topological polar surface area (TPSA) is 49.6 Å². The van der Waals surface area contributed by atoms with Gasteiger partial charge in [0, 0.05) is 26.2 Å². The predicted molar refractivity (Wildman–Crippen MR) is 93.2 cm³/mol. The van der Waals surface area contributed by atoms with Gasteiger partial charge in [-0.15, -0.1) is 12.4 Å². The van der Waals surface area contributed by atoms with Gasteiger partial charge in [0.15, 0.2) is 0 Å². The zero-order valence-electron chi connectivity index (χ0n) is 13.6. The number of hydrogen-bond acceptors (Lipinski definition) is 3. The van der Waals surface area contributed by atoms with Crippen LogP contribution in [0.4, 0.5) is 0 Å². The smallest absolute Gasteiger partial charge is 0.236 e. The summed E-state index contributed by atoms with van der Waals surface area (Å²) in [5, 5.41) is 0. The Bertz CT molecular complexity index is 481. The van der Waals surface area contributed by atoms with Crippen LogP contribution in [0.3, 0.4) is 0 Å². The van der Waals surface area contributed by atoms with Gasteiger partial charge in [-0.1, -0.05) is 30.7 Å². The van der Waals surface area contributed by atoms with Crippen LogP contribution in [-0.2, 0) is 11.3 Å². The third-order valence-corrected chi connectivity index (χ3v) is 4.45. The number of rotatable bonds is 5. The second kappa shape index (κ2) is 9.13. The number of likely N-dealkylation sites (N-methyl/N-ethyl adjacent to an activating group) is 1. The molecule has 0 radical (unpaired) electrons. The summed E-state index contributed by atoms with van der Waals surface area (Å²) in [5.74, 6) is 0.179. The molecule has 2 rings (SSSR count). The summed E-state index contributed by atoms with van der Waals surface area (Å²) < 4.78 is 0. The standard InChI is InChI=1S/C17H27N3O.ClH/c1-14-7-3-4-8-15(14)12-19(2)17(21)13-20-10-6-5-9-16(20)11-18;/h3-4,7-8,16H,5-6,9-13,18H2,1-2H3;1H. The van der Waals surface area contributed by atoms with Crippen molar-refractivity contribution >= 4 is 18.3 Å². The lowest BCUT2D eigenvalue weighted by molar-refractivity contribution is -0.132. The molecule has 0 saturated carbocycles. The highest BCUT2D eigenvalue weighted by atomic mass is 35.5. The lowest BCUT2D eigenvalue weighted by Crippen LogP contribution is -2.48. The van der Waals surface area contributed by atoms with Gasteiger partial charge in [0.2, 0.25) is 5.91 Å². The number of carbonyl (C=O) groups is 1. The van der Waals surface area contributed by atoms with E-state index in [4.69, 9.17) is 5.73 Å². The van der Waals surface area contributed by atoms with Crippen molar-refractivity contribution in [3.63, 3.8) is 0 Å². The van der Waals surface area contributed by atoms with E-state index in [1.54, 1.807) is 0 Å². The first-order chi connectivity index (χ1) is 10.1. The summed E-state index contributed by atoms with van der Waals surface area (Å²) in [6, 6.07) is 8.59. The van der Waals surface area contributed by atoms with Crippen LogP contribution in [0.25, 0.3) is 0 Å². The van der Waals surface area contributed by atoms with Gasteiger partial charge in [0.05, 0.1) is 6.54 Å². The number of piperidine rings is 1. The Kier molecular flexibility index (Phi) is 7.87. The van der Waals surface area contributed by atoms with E-state index in [9.17, 15) is 4.79 Å². The van der Waals surface area contributed by atoms with Crippen molar-refractivity contribution < 1.29 is 4.79 Å². The van der Waals surface area contributed by atoms with Gasteiger partial charge in [0.25, 0.3) is 0 Å². The lowest BCUT2D eigenvalue weighted by atomic mass is 10.0. The maximum Gasteiger partial charge on any atom is 0.236 e. The SMILES string of the molecule is Cc1ccccc1CN(C)C(=O)CN1CCCCC1CN.Cl. The molecule has 5 heteroatoms. The number of hydrogen-bond donors (Lipinski definition) is 1. The number of likely N-dealkylation sites (tertiary alicyclic amines) is 1. The minimum Gasteiger partial charge on any atom is -0.340 e. The number of carbonyl (C=O) groups excluding carboxylic acids is 1. The van der Waals surface area contributed by atoms with E-state index in [1.807, 2.05) is 24.1 Å². The van der Waals surface area contributed by atoms with Crippen molar-refractivity contribution in [1.29, 1.82) is 0 Å². The summed E-state index contributed by atoms with van der Waals surface area (Å²) in [4.78, 5) is 16.5. The summed E-state index contributed by atoms with van der Waals surface area (Å²) >= 11 is 0. The zero-order valence-corrected chi connectivity index (χ0v) is 14.4. The molecule has 124 valence electrons. The maximum absolute atomic E-state index is 12.4. The fourth-order valence-electron chi connectivity index (χ4n) is 2.96. The van der Waals surface area contributed by atoms with Crippen LogP contribution in [0, 0.1) is 6.92 Å². The molecule has 0 bridgehead atoms. The Balaban J connectivity index is 0.00000242. The maximum atomic E-state index is 12.4. The molecular weight excluding hydrogens is 298 g/mol. The minimum atomic E-state index is 0. The third-order valence-electron chi connectivity index (χ3n) is 4.45. The van der Waals surface area contributed by atoms with Crippen molar-refractivity contribution in [1.82, 2.24) is 9.80 Å². The minimum absolute atomic E-state index is 0. The fraction of sp³-hybridized carbons (Fsp3) is 0.588. The van der Waals surface area contributed by atoms with Gasteiger partial charge in [0.1, 0.15) is 0 Å². The first-order valence-corrected chi connectivity index (χ1v) is 7.84. The Hall–Kier alpha value is -1.10. The molecule has 1 fully saturated rings. The number of aryl methyl sites for hydroxylation is 1. The largest absolute Gasteiger partial charge is 0.340 e. The number of halogens is 1. The normalized spacial score (nSPS) is 18.6. The van der Waals surface area contributed by atoms with Crippen LogP contribution in [0.15, 0.2) is 24.3 Å². The quantitative estimate of drug-likeness (QED) is 0.902. The molecular formula is C17H28ClN3O. The van der Waals surface area contributed by atoms with Crippen molar-refractivity contribution in [2.24, 2.45) is 5.73 Å². The van der Waals surface area contributed by atoms with Crippen molar-refractivity contribution in [2.45, 2.75) is 38.8 Å². The van der Waals surface area contributed by atoms with Crippen LogP contribution in [0.1, 0.15) is 30.4 Å². The van der Waals surface area contributed by atoms with Gasteiger partial charge in [-0.25, -0.2) is 0 Å².